The number of anilines is 1. The molecule has 0 radical (unpaired) electrons. The predicted molar refractivity (Wildman–Crippen MR) is 113 cm³/mol. The Kier molecular flexibility index (Phi) is 6.63. The van der Waals surface area contributed by atoms with Crippen LogP contribution in [0.15, 0.2) is 42.5 Å². The summed E-state index contributed by atoms with van der Waals surface area (Å²) in [7, 11) is 1.60. The molecule has 138 valence electrons. The zero-order valence-electron chi connectivity index (χ0n) is 14.7. The van der Waals surface area contributed by atoms with E-state index in [-0.39, 0.29) is 0 Å². The van der Waals surface area contributed by atoms with Crippen LogP contribution >= 0.6 is 35.4 Å². The molecule has 3 rings (SSSR count). The molecule has 0 heterocycles. The minimum Gasteiger partial charge on any atom is -0.495 e. The van der Waals surface area contributed by atoms with E-state index in [0.29, 0.717) is 28.5 Å². The number of ether oxygens (including phenoxy) is 1. The Balaban J connectivity index is 1.78. The summed E-state index contributed by atoms with van der Waals surface area (Å²) in [6.07, 6.45) is 4.77. The van der Waals surface area contributed by atoms with Gasteiger partial charge in [0.2, 0.25) is 0 Å². The Morgan fingerprint density at radius 2 is 1.88 bits per heavy atom. The first-order chi connectivity index (χ1) is 12.6. The van der Waals surface area contributed by atoms with Crippen molar-refractivity contribution in [2.24, 2.45) is 0 Å². The van der Waals surface area contributed by atoms with E-state index in [1.54, 1.807) is 7.11 Å². The molecule has 1 aliphatic rings. The lowest BCUT2D eigenvalue weighted by molar-refractivity contribution is 0.312. The van der Waals surface area contributed by atoms with Crippen LogP contribution in [0.3, 0.4) is 0 Å². The first kappa shape index (κ1) is 19.3. The van der Waals surface area contributed by atoms with Crippen molar-refractivity contribution in [2.75, 3.05) is 12.4 Å². The maximum Gasteiger partial charge on any atom is 0.173 e. The molecule has 0 unspecified atom stereocenters. The van der Waals surface area contributed by atoms with E-state index in [9.17, 15) is 0 Å². The van der Waals surface area contributed by atoms with Crippen molar-refractivity contribution in [1.82, 2.24) is 4.90 Å². The van der Waals surface area contributed by atoms with Gasteiger partial charge in [0, 0.05) is 23.3 Å². The molecule has 0 bridgehead atoms. The van der Waals surface area contributed by atoms with Gasteiger partial charge in [-0.1, -0.05) is 54.2 Å². The number of hydrogen-bond acceptors (Lipinski definition) is 2. The summed E-state index contributed by atoms with van der Waals surface area (Å²) >= 11 is 18.3. The highest BCUT2D eigenvalue weighted by Crippen LogP contribution is 2.30. The molecule has 26 heavy (non-hydrogen) atoms. The van der Waals surface area contributed by atoms with Crippen LogP contribution in [-0.4, -0.2) is 23.2 Å². The molecule has 0 amide bonds. The third kappa shape index (κ3) is 4.61. The van der Waals surface area contributed by atoms with Gasteiger partial charge in [0.15, 0.2) is 5.11 Å². The van der Waals surface area contributed by atoms with Gasteiger partial charge in [0.05, 0.1) is 12.1 Å². The number of halogens is 2. The van der Waals surface area contributed by atoms with Crippen molar-refractivity contribution in [1.29, 1.82) is 0 Å². The van der Waals surface area contributed by atoms with Crippen LogP contribution in [0.5, 0.6) is 5.75 Å². The van der Waals surface area contributed by atoms with E-state index in [1.807, 2.05) is 36.4 Å². The van der Waals surface area contributed by atoms with Crippen LogP contribution in [0.4, 0.5) is 5.69 Å². The molecule has 1 N–H and O–H groups in total. The molecular formula is C20H22Cl2N2OS. The maximum absolute atomic E-state index is 6.37. The number of rotatable bonds is 5. The monoisotopic (exact) mass is 408 g/mol. The average Bonchev–Trinajstić information content (AvgIpc) is 3.15. The second-order valence-corrected chi connectivity index (χ2v) is 7.64. The molecule has 0 aliphatic heterocycles. The number of methoxy groups -OCH3 is 1. The Morgan fingerprint density at radius 3 is 2.54 bits per heavy atom. The molecule has 2 aromatic rings. The molecule has 6 heteroatoms. The number of nitrogens with one attached hydrogen (secondary N) is 1. The standard InChI is InChI=1S/C20H22Cl2N2OS/c1-25-19-11-10-15(12-18(19)22)23-20(26)24(16-7-3-4-8-16)13-14-6-2-5-9-17(14)21/h2,5-6,9-12,16H,3-4,7-8,13H2,1H3,(H,23,26). The Labute approximate surface area is 170 Å². The molecule has 0 aromatic heterocycles. The lowest BCUT2D eigenvalue weighted by Crippen LogP contribution is -2.41. The summed E-state index contributed by atoms with van der Waals surface area (Å²) in [4.78, 5) is 2.25. The van der Waals surface area contributed by atoms with Gasteiger partial charge in [0.25, 0.3) is 0 Å². The van der Waals surface area contributed by atoms with Gasteiger partial charge >= 0.3 is 0 Å². The first-order valence-corrected chi connectivity index (χ1v) is 9.89. The van der Waals surface area contributed by atoms with Crippen LogP contribution in [0.25, 0.3) is 0 Å². The van der Waals surface area contributed by atoms with Gasteiger partial charge in [-0.2, -0.15) is 0 Å². The molecule has 0 spiro atoms. The van der Waals surface area contributed by atoms with Crippen molar-refractivity contribution in [3.8, 4) is 5.75 Å². The Bertz CT molecular complexity index is 778. The number of nitrogens with zero attached hydrogens (tertiary/aromatic N) is 1. The van der Waals surface area contributed by atoms with Crippen LogP contribution in [0.2, 0.25) is 10.0 Å². The molecule has 1 saturated carbocycles. The third-order valence-electron chi connectivity index (χ3n) is 4.73. The van der Waals surface area contributed by atoms with Crippen molar-refractivity contribution < 1.29 is 4.74 Å². The average molecular weight is 409 g/mol. The minimum absolute atomic E-state index is 0.431. The highest BCUT2D eigenvalue weighted by atomic mass is 35.5. The van der Waals surface area contributed by atoms with Gasteiger partial charge in [0.1, 0.15) is 5.75 Å². The molecule has 2 aromatic carbocycles. The second-order valence-electron chi connectivity index (χ2n) is 6.44. The van der Waals surface area contributed by atoms with E-state index in [2.05, 4.69) is 16.3 Å². The van der Waals surface area contributed by atoms with Gasteiger partial charge in [-0.05, 0) is 54.9 Å². The van der Waals surface area contributed by atoms with E-state index in [0.717, 1.165) is 29.1 Å². The fraction of sp³-hybridized carbons (Fsp3) is 0.350. The molecular weight excluding hydrogens is 387 g/mol. The van der Waals surface area contributed by atoms with Crippen LogP contribution in [0.1, 0.15) is 31.2 Å². The highest BCUT2D eigenvalue weighted by Gasteiger charge is 2.25. The van der Waals surface area contributed by atoms with E-state index in [4.69, 9.17) is 40.2 Å². The Morgan fingerprint density at radius 1 is 1.15 bits per heavy atom. The fourth-order valence-corrected chi connectivity index (χ4v) is 4.12. The van der Waals surface area contributed by atoms with Crippen molar-refractivity contribution in [2.45, 2.75) is 38.3 Å². The smallest absolute Gasteiger partial charge is 0.173 e. The minimum atomic E-state index is 0.431. The number of thiocarbonyl (C=S) groups is 1. The second kappa shape index (κ2) is 8.94. The van der Waals surface area contributed by atoms with E-state index < -0.39 is 0 Å². The first-order valence-electron chi connectivity index (χ1n) is 8.73. The third-order valence-corrected chi connectivity index (χ3v) is 5.73. The molecule has 3 nitrogen and oxygen atoms in total. The van der Waals surface area contributed by atoms with Gasteiger partial charge in [-0.25, -0.2) is 0 Å². The van der Waals surface area contributed by atoms with Crippen molar-refractivity contribution in [3.63, 3.8) is 0 Å². The van der Waals surface area contributed by atoms with Gasteiger partial charge in [-0.15, -0.1) is 0 Å². The van der Waals surface area contributed by atoms with Crippen molar-refractivity contribution >= 4 is 46.2 Å². The van der Waals surface area contributed by atoms with E-state index >= 15 is 0 Å². The normalized spacial score (nSPS) is 14.3. The number of hydrogen-bond donors (Lipinski definition) is 1. The van der Waals surface area contributed by atoms with Crippen LogP contribution < -0.4 is 10.1 Å². The predicted octanol–water partition coefficient (Wildman–Crippen LogP) is 6.14. The quantitative estimate of drug-likeness (QED) is 0.599. The molecule has 1 fully saturated rings. The van der Waals surface area contributed by atoms with Crippen LogP contribution in [-0.2, 0) is 6.54 Å². The topological polar surface area (TPSA) is 24.5 Å². The SMILES string of the molecule is COc1ccc(NC(=S)N(Cc2ccccc2Cl)C2CCCC2)cc1Cl. The lowest BCUT2D eigenvalue weighted by Gasteiger charge is -2.32. The van der Waals surface area contributed by atoms with Crippen molar-refractivity contribution in [3.05, 3.63) is 58.1 Å². The molecule has 1 aliphatic carbocycles. The van der Waals surface area contributed by atoms with Gasteiger partial charge in [-0.3, -0.25) is 0 Å². The largest absolute Gasteiger partial charge is 0.495 e. The summed E-state index contributed by atoms with van der Waals surface area (Å²) in [6, 6.07) is 13.9. The number of benzene rings is 2. The summed E-state index contributed by atoms with van der Waals surface area (Å²) in [5.74, 6) is 0.645. The Hall–Kier alpha value is -1.49. The summed E-state index contributed by atoms with van der Waals surface area (Å²) in [6.45, 7) is 0.695. The van der Waals surface area contributed by atoms with Gasteiger partial charge < -0.3 is 15.0 Å². The summed E-state index contributed by atoms with van der Waals surface area (Å²) < 4.78 is 5.21. The lowest BCUT2D eigenvalue weighted by atomic mass is 10.1. The summed E-state index contributed by atoms with van der Waals surface area (Å²) in [5, 5.41) is 5.34. The highest BCUT2D eigenvalue weighted by molar-refractivity contribution is 7.80. The molecule has 0 saturated heterocycles. The molecule has 0 atom stereocenters. The zero-order valence-corrected chi connectivity index (χ0v) is 17.0. The summed E-state index contributed by atoms with van der Waals surface area (Å²) in [5.41, 5.74) is 1.93. The zero-order chi connectivity index (χ0) is 18.5. The van der Waals surface area contributed by atoms with E-state index in [1.165, 1.54) is 12.8 Å². The van der Waals surface area contributed by atoms with Crippen LogP contribution in [0, 0.1) is 0 Å². The fourth-order valence-electron chi connectivity index (χ4n) is 3.33. The maximum atomic E-state index is 6.37.